The normalized spacial score (nSPS) is 31.9. The summed E-state index contributed by atoms with van der Waals surface area (Å²) >= 11 is 0. The number of aliphatic imine (C=N–C) groups is 1. The van der Waals surface area contributed by atoms with E-state index in [1.165, 1.54) is 32.1 Å². The summed E-state index contributed by atoms with van der Waals surface area (Å²) in [5.41, 5.74) is 1.14. The zero-order valence-electron chi connectivity index (χ0n) is 15.8. The lowest BCUT2D eigenvalue weighted by molar-refractivity contribution is 0.0703. The van der Waals surface area contributed by atoms with Crippen LogP contribution in [-0.2, 0) is 4.74 Å². The van der Waals surface area contributed by atoms with E-state index in [0.29, 0.717) is 24.2 Å². The molecule has 2 N–H and O–H groups in total. The highest BCUT2D eigenvalue weighted by Crippen LogP contribution is 2.25. The zero-order chi connectivity index (χ0) is 16.8. The van der Waals surface area contributed by atoms with Crippen LogP contribution in [0.3, 0.4) is 0 Å². The van der Waals surface area contributed by atoms with Crippen molar-refractivity contribution in [1.82, 2.24) is 10.6 Å². The Labute approximate surface area is 142 Å². The molecule has 0 spiro atoms. The van der Waals surface area contributed by atoms with Gasteiger partial charge in [-0.05, 0) is 52.5 Å². The average Bonchev–Trinajstić information content (AvgIpc) is 2.78. The molecule has 0 amide bonds. The summed E-state index contributed by atoms with van der Waals surface area (Å²) in [6.07, 6.45) is 6.81. The number of hydrogen-bond acceptors (Lipinski definition) is 4. The van der Waals surface area contributed by atoms with E-state index in [9.17, 15) is 0 Å². The Bertz CT molecular complexity index is 385. The first-order valence-electron chi connectivity index (χ1n) is 9.64. The van der Waals surface area contributed by atoms with Crippen LogP contribution in [-0.4, -0.2) is 43.2 Å². The quantitative estimate of drug-likeness (QED) is 0.640. The fraction of sp³-hybridized carbons (Fsp3) is 0.947. The molecule has 6 atom stereocenters. The van der Waals surface area contributed by atoms with Crippen LogP contribution in [0.4, 0.5) is 0 Å². The van der Waals surface area contributed by atoms with E-state index in [1.54, 1.807) is 0 Å². The van der Waals surface area contributed by atoms with Crippen molar-refractivity contribution in [2.75, 3.05) is 13.2 Å². The van der Waals surface area contributed by atoms with Crippen LogP contribution in [0.15, 0.2) is 4.99 Å². The summed E-state index contributed by atoms with van der Waals surface area (Å²) in [5, 5.41) is 7.20. The van der Waals surface area contributed by atoms with E-state index < -0.39 is 0 Å². The Morgan fingerprint density at radius 2 is 2.09 bits per heavy atom. The molecule has 0 saturated carbocycles. The van der Waals surface area contributed by atoms with Crippen molar-refractivity contribution in [3.8, 4) is 0 Å². The topological polar surface area (TPSA) is 45.6 Å². The predicted molar refractivity (Wildman–Crippen MR) is 98.1 cm³/mol. The summed E-state index contributed by atoms with van der Waals surface area (Å²) in [6, 6.07) is 1.09. The SMILES string of the molecule is CCCC(C)CC(C)N=C(C)C(C)OCC1CC2CCNC1N2. The average molecular weight is 324 g/mol. The Morgan fingerprint density at radius 3 is 2.78 bits per heavy atom. The van der Waals surface area contributed by atoms with Crippen molar-refractivity contribution < 1.29 is 4.74 Å². The molecule has 2 saturated heterocycles. The minimum atomic E-state index is 0.124. The minimum absolute atomic E-state index is 0.124. The lowest BCUT2D eigenvalue weighted by atomic mass is 9.98. The molecule has 4 heteroatoms. The second-order valence-corrected chi connectivity index (χ2v) is 7.80. The van der Waals surface area contributed by atoms with Gasteiger partial charge in [0.1, 0.15) is 0 Å². The number of nitrogens with one attached hydrogen (secondary N) is 2. The molecule has 134 valence electrons. The third kappa shape index (κ3) is 5.84. The van der Waals surface area contributed by atoms with E-state index >= 15 is 0 Å². The van der Waals surface area contributed by atoms with Gasteiger partial charge in [-0.2, -0.15) is 0 Å². The van der Waals surface area contributed by atoms with Crippen molar-refractivity contribution >= 4 is 5.71 Å². The van der Waals surface area contributed by atoms with Gasteiger partial charge < -0.3 is 10.1 Å². The van der Waals surface area contributed by atoms with E-state index in [2.05, 4.69) is 45.3 Å². The second kappa shape index (κ2) is 9.14. The highest BCUT2D eigenvalue weighted by Gasteiger charge is 2.36. The van der Waals surface area contributed by atoms with Crippen LogP contribution in [0.5, 0.6) is 0 Å². The summed E-state index contributed by atoms with van der Waals surface area (Å²) < 4.78 is 6.14. The van der Waals surface area contributed by atoms with E-state index in [-0.39, 0.29) is 6.10 Å². The molecule has 2 fully saturated rings. The standard InChI is InChI=1S/C19H37N3O/c1-6-7-13(2)10-14(3)21-15(4)16(5)23-12-17-11-18-8-9-20-19(17)22-18/h13-14,16-20,22H,6-12H2,1-5H3. The van der Waals surface area contributed by atoms with Crippen LogP contribution >= 0.6 is 0 Å². The zero-order valence-corrected chi connectivity index (χ0v) is 15.8. The lowest BCUT2D eigenvalue weighted by Crippen LogP contribution is -2.49. The maximum absolute atomic E-state index is 6.14. The maximum Gasteiger partial charge on any atom is 0.0920 e. The molecule has 2 heterocycles. The Hall–Kier alpha value is -0.450. The molecule has 2 aliphatic rings. The third-order valence-electron chi connectivity index (χ3n) is 5.43. The predicted octanol–water partition coefficient (Wildman–Crippen LogP) is 3.36. The Morgan fingerprint density at radius 1 is 1.30 bits per heavy atom. The monoisotopic (exact) mass is 323 g/mol. The van der Waals surface area contributed by atoms with Crippen molar-refractivity contribution in [2.45, 2.75) is 91.1 Å². The second-order valence-electron chi connectivity index (χ2n) is 7.80. The van der Waals surface area contributed by atoms with Gasteiger partial charge in [-0.25, -0.2) is 0 Å². The fourth-order valence-electron chi connectivity index (χ4n) is 4.05. The van der Waals surface area contributed by atoms with Crippen molar-refractivity contribution in [3.05, 3.63) is 0 Å². The van der Waals surface area contributed by atoms with Crippen molar-refractivity contribution in [1.29, 1.82) is 0 Å². The molecular weight excluding hydrogens is 286 g/mol. The van der Waals surface area contributed by atoms with E-state index in [4.69, 9.17) is 9.73 Å². The highest BCUT2D eigenvalue weighted by molar-refractivity contribution is 5.86. The van der Waals surface area contributed by atoms with E-state index in [0.717, 1.165) is 24.8 Å². The van der Waals surface area contributed by atoms with Crippen LogP contribution in [0, 0.1) is 11.8 Å². The molecule has 0 aliphatic carbocycles. The highest BCUT2D eigenvalue weighted by atomic mass is 16.5. The van der Waals surface area contributed by atoms with Gasteiger partial charge in [0.2, 0.25) is 0 Å². The van der Waals surface area contributed by atoms with Crippen LogP contribution < -0.4 is 10.6 Å². The third-order valence-corrected chi connectivity index (χ3v) is 5.43. The van der Waals surface area contributed by atoms with Gasteiger partial charge in [0.05, 0.1) is 18.9 Å². The lowest BCUT2D eigenvalue weighted by Gasteiger charge is -2.25. The summed E-state index contributed by atoms with van der Waals surface area (Å²) in [6.45, 7) is 13.1. The number of hydrogen-bond donors (Lipinski definition) is 2. The molecule has 2 aliphatic heterocycles. The number of rotatable bonds is 9. The maximum atomic E-state index is 6.14. The van der Waals surface area contributed by atoms with Gasteiger partial charge in [0.25, 0.3) is 0 Å². The van der Waals surface area contributed by atoms with Crippen LogP contribution in [0.2, 0.25) is 0 Å². The van der Waals surface area contributed by atoms with Gasteiger partial charge >= 0.3 is 0 Å². The van der Waals surface area contributed by atoms with Gasteiger partial charge in [-0.1, -0.05) is 26.7 Å². The summed E-state index contributed by atoms with van der Waals surface area (Å²) in [4.78, 5) is 4.87. The van der Waals surface area contributed by atoms with Gasteiger partial charge in [0.15, 0.2) is 0 Å². The first-order valence-corrected chi connectivity index (χ1v) is 9.64. The van der Waals surface area contributed by atoms with Crippen molar-refractivity contribution in [2.24, 2.45) is 16.8 Å². The first-order chi connectivity index (χ1) is 11.0. The van der Waals surface area contributed by atoms with Gasteiger partial charge in [-0.3, -0.25) is 10.3 Å². The molecule has 0 radical (unpaired) electrons. The fourth-order valence-corrected chi connectivity index (χ4v) is 4.05. The molecule has 6 unspecified atom stereocenters. The van der Waals surface area contributed by atoms with Gasteiger partial charge in [0, 0.05) is 23.7 Å². The van der Waals surface area contributed by atoms with Gasteiger partial charge in [-0.15, -0.1) is 0 Å². The number of fused-ring (bicyclic) bond motifs is 2. The van der Waals surface area contributed by atoms with Crippen molar-refractivity contribution in [3.63, 3.8) is 0 Å². The molecule has 0 aromatic rings. The molecule has 2 bridgehead atoms. The molecule has 0 aromatic carbocycles. The summed E-state index contributed by atoms with van der Waals surface area (Å²) in [7, 11) is 0. The molecule has 23 heavy (non-hydrogen) atoms. The summed E-state index contributed by atoms with van der Waals surface area (Å²) in [5.74, 6) is 1.36. The van der Waals surface area contributed by atoms with Crippen LogP contribution in [0.25, 0.3) is 0 Å². The molecule has 0 aromatic heterocycles. The number of nitrogens with zero attached hydrogens (tertiary/aromatic N) is 1. The largest absolute Gasteiger partial charge is 0.372 e. The van der Waals surface area contributed by atoms with E-state index in [1.807, 2.05) is 0 Å². The minimum Gasteiger partial charge on any atom is -0.372 e. The Kier molecular flexibility index (Phi) is 7.51. The van der Waals surface area contributed by atoms with Crippen LogP contribution in [0.1, 0.15) is 66.7 Å². The molecular formula is C19H37N3O. The Balaban J connectivity index is 1.73. The smallest absolute Gasteiger partial charge is 0.0920 e. The molecule has 2 rings (SSSR count). The number of ether oxygens (including phenoxy) is 1. The first kappa shape index (κ1) is 18.9. The molecule has 4 nitrogen and oxygen atoms in total.